The van der Waals surface area contributed by atoms with Gasteiger partial charge in [0.25, 0.3) is 0 Å². The first-order chi connectivity index (χ1) is 18.4. The number of thiazole rings is 1. The van der Waals surface area contributed by atoms with Crippen molar-refractivity contribution >= 4 is 55.0 Å². The number of benzene rings is 2. The van der Waals surface area contributed by atoms with Gasteiger partial charge in [-0.1, -0.05) is 22.9 Å². The van der Waals surface area contributed by atoms with E-state index in [-0.39, 0.29) is 49.5 Å². The van der Waals surface area contributed by atoms with Crippen molar-refractivity contribution in [1.29, 1.82) is 0 Å². The molecule has 3 atom stereocenters. The topological polar surface area (TPSA) is 92.4 Å². The van der Waals surface area contributed by atoms with Crippen LogP contribution >= 0.6 is 22.9 Å². The number of likely N-dealkylation sites (tertiary alicyclic amines) is 1. The SMILES string of the molecule is CN1CCCC1COc1nc(N2CC3NCCC32)c2cc(Cl)c(-c3ccc(F)c4sc(N)nc34)c(F)c2n1. The molecule has 2 aromatic heterocycles. The summed E-state index contributed by atoms with van der Waals surface area (Å²) in [5.41, 5.74) is 6.71. The molecule has 0 radical (unpaired) electrons. The monoisotopic (exact) mass is 557 g/mol. The fourth-order valence-corrected chi connectivity index (χ4v) is 7.07. The van der Waals surface area contributed by atoms with Crippen molar-refractivity contribution in [2.45, 2.75) is 37.4 Å². The third-order valence-electron chi connectivity index (χ3n) is 8.08. The molecule has 3 unspecified atom stereocenters. The van der Waals surface area contributed by atoms with Crippen LogP contribution in [0.5, 0.6) is 6.01 Å². The molecule has 3 fully saturated rings. The van der Waals surface area contributed by atoms with Gasteiger partial charge >= 0.3 is 6.01 Å². The minimum Gasteiger partial charge on any atom is -0.462 e. The zero-order chi connectivity index (χ0) is 26.1. The largest absolute Gasteiger partial charge is 0.462 e. The van der Waals surface area contributed by atoms with Crippen molar-refractivity contribution in [2.24, 2.45) is 0 Å². The van der Waals surface area contributed by atoms with Gasteiger partial charge in [-0.15, -0.1) is 0 Å². The molecule has 8 nitrogen and oxygen atoms in total. The van der Waals surface area contributed by atoms with Gasteiger partial charge in [0.1, 0.15) is 23.8 Å². The van der Waals surface area contributed by atoms with Gasteiger partial charge in [0.05, 0.1) is 15.2 Å². The second-order valence-electron chi connectivity index (χ2n) is 10.3. The van der Waals surface area contributed by atoms with E-state index in [4.69, 9.17) is 27.1 Å². The lowest BCUT2D eigenvalue weighted by atomic mass is 9.96. The number of nitrogens with one attached hydrogen (secondary N) is 1. The highest BCUT2D eigenvalue weighted by Gasteiger charge is 2.43. The molecule has 2 aromatic carbocycles. The maximum Gasteiger partial charge on any atom is 0.319 e. The normalized spacial score (nSPS) is 23.4. The van der Waals surface area contributed by atoms with E-state index in [0.29, 0.717) is 29.4 Å². The molecular formula is C26H26ClF2N7OS. The average Bonchev–Trinajstić information content (AvgIpc) is 3.58. The molecule has 0 spiro atoms. The third-order valence-corrected chi connectivity index (χ3v) is 9.27. The Balaban J connectivity index is 1.38. The Kier molecular flexibility index (Phi) is 5.80. The molecule has 38 heavy (non-hydrogen) atoms. The van der Waals surface area contributed by atoms with Crippen LogP contribution in [0.2, 0.25) is 5.02 Å². The van der Waals surface area contributed by atoms with Crippen molar-refractivity contribution in [3.8, 4) is 17.1 Å². The Morgan fingerprint density at radius 3 is 2.87 bits per heavy atom. The van der Waals surface area contributed by atoms with Crippen molar-refractivity contribution in [3.05, 3.63) is 34.9 Å². The molecule has 0 amide bonds. The van der Waals surface area contributed by atoms with E-state index in [2.05, 4.69) is 32.1 Å². The van der Waals surface area contributed by atoms with Crippen molar-refractivity contribution in [3.63, 3.8) is 0 Å². The van der Waals surface area contributed by atoms with Crippen LogP contribution in [0.15, 0.2) is 18.2 Å². The zero-order valence-corrected chi connectivity index (χ0v) is 22.3. The van der Waals surface area contributed by atoms with Gasteiger partial charge in [-0.25, -0.2) is 13.8 Å². The standard InChI is InChI=1S/C26H26ClF2N7OS/c1-35-8-2-3-12(35)11-37-26-33-21-14(24(34-26)36-10-17-18(36)6-7-31-17)9-15(27)19(20(21)29)13-4-5-16(28)23-22(13)32-25(30)38-23/h4-5,9,12,17-18,31H,2-3,6-8,10-11H2,1H3,(H2,30,32). The molecule has 12 heteroatoms. The summed E-state index contributed by atoms with van der Waals surface area (Å²) in [5.74, 6) is -0.478. The van der Waals surface area contributed by atoms with E-state index in [1.165, 1.54) is 12.1 Å². The summed E-state index contributed by atoms with van der Waals surface area (Å²) in [6.45, 7) is 3.14. The number of nitrogens with zero attached hydrogens (tertiary/aromatic N) is 5. The summed E-state index contributed by atoms with van der Waals surface area (Å²) in [6.07, 6.45) is 3.12. The van der Waals surface area contributed by atoms with Gasteiger partial charge < -0.3 is 25.6 Å². The van der Waals surface area contributed by atoms with E-state index in [1.807, 2.05) is 0 Å². The second kappa shape index (κ2) is 9.11. The number of hydrogen-bond donors (Lipinski definition) is 2. The predicted molar refractivity (Wildman–Crippen MR) is 146 cm³/mol. The lowest BCUT2D eigenvalue weighted by molar-refractivity contribution is 0.188. The minimum atomic E-state index is -0.625. The molecule has 0 aliphatic carbocycles. The second-order valence-corrected chi connectivity index (χ2v) is 11.7. The number of ether oxygens (including phenoxy) is 1. The number of nitrogen functional groups attached to an aromatic ring is 1. The quantitative estimate of drug-likeness (QED) is 0.372. The molecule has 3 aliphatic heterocycles. The minimum absolute atomic E-state index is 0.101. The van der Waals surface area contributed by atoms with Gasteiger partial charge in [0, 0.05) is 41.2 Å². The molecule has 4 aromatic rings. The molecule has 7 rings (SSSR count). The maximum absolute atomic E-state index is 16.4. The van der Waals surface area contributed by atoms with Crippen molar-refractivity contribution < 1.29 is 13.5 Å². The van der Waals surface area contributed by atoms with Crippen LogP contribution in [0.4, 0.5) is 19.7 Å². The Morgan fingerprint density at radius 1 is 1.21 bits per heavy atom. The van der Waals surface area contributed by atoms with E-state index in [0.717, 1.165) is 50.2 Å². The average molecular weight is 558 g/mol. The number of rotatable bonds is 5. The lowest BCUT2D eigenvalue weighted by Crippen LogP contribution is -2.61. The van der Waals surface area contributed by atoms with E-state index >= 15 is 4.39 Å². The summed E-state index contributed by atoms with van der Waals surface area (Å²) in [7, 11) is 2.07. The summed E-state index contributed by atoms with van der Waals surface area (Å²) in [5, 5.41) is 4.37. The first kappa shape index (κ1) is 24.2. The first-order valence-corrected chi connectivity index (χ1v) is 14.0. The van der Waals surface area contributed by atoms with Gasteiger partial charge in [-0.05, 0) is 57.6 Å². The van der Waals surface area contributed by atoms with Crippen LogP contribution in [0, 0.1) is 11.6 Å². The van der Waals surface area contributed by atoms with Crippen LogP contribution in [0.25, 0.3) is 32.2 Å². The van der Waals surface area contributed by atoms with E-state index < -0.39 is 11.6 Å². The molecule has 198 valence electrons. The smallest absolute Gasteiger partial charge is 0.319 e. The molecule has 3 aliphatic rings. The van der Waals surface area contributed by atoms with Crippen LogP contribution in [0.3, 0.4) is 0 Å². The number of nitrogens with two attached hydrogens (primary N) is 1. The van der Waals surface area contributed by atoms with Crippen LogP contribution in [-0.4, -0.2) is 71.3 Å². The lowest BCUT2D eigenvalue weighted by Gasteiger charge is -2.45. The van der Waals surface area contributed by atoms with Gasteiger partial charge in [0.2, 0.25) is 0 Å². The maximum atomic E-state index is 16.4. The number of hydrogen-bond acceptors (Lipinski definition) is 9. The molecule has 0 saturated carbocycles. The molecule has 3 N–H and O–H groups in total. The van der Waals surface area contributed by atoms with Gasteiger partial charge in [-0.2, -0.15) is 9.97 Å². The van der Waals surface area contributed by atoms with Gasteiger partial charge in [-0.3, -0.25) is 0 Å². The molecular weight excluding hydrogens is 532 g/mol. The zero-order valence-electron chi connectivity index (χ0n) is 20.7. The highest BCUT2D eigenvalue weighted by atomic mass is 35.5. The summed E-state index contributed by atoms with van der Waals surface area (Å²) in [6, 6.07) is 5.51. The first-order valence-electron chi connectivity index (χ1n) is 12.8. The molecule has 0 bridgehead atoms. The fraction of sp³-hybridized carbons (Fsp3) is 0.423. The summed E-state index contributed by atoms with van der Waals surface area (Å²) in [4.78, 5) is 18.0. The summed E-state index contributed by atoms with van der Waals surface area (Å²) < 4.78 is 37.3. The molecule has 5 heterocycles. The van der Waals surface area contributed by atoms with Gasteiger partial charge in [0.15, 0.2) is 10.9 Å². The van der Waals surface area contributed by atoms with Crippen LogP contribution < -0.4 is 20.7 Å². The van der Waals surface area contributed by atoms with Crippen LogP contribution in [-0.2, 0) is 0 Å². The number of fused-ring (bicyclic) bond motifs is 3. The Hall–Kier alpha value is -2.86. The van der Waals surface area contributed by atoms with E-state index in [1.54, 1.807) is 6.07 Å². The molecule has 3 saturated heterocycles. The highest BCUT2D eigenvalue weighted by Crippen LogP contribution is 2.44. The Labute approximate surface area is 226 Å². The Morgan fingerprint density at radius 2 is 2.08 bits per heavy atom. The van der Waals surface area contributed by atoms with Crippen molar-refractivity contribution in [2.75, 3.05) is 43.9 Å². The number of likely N-dealkylation sites (N-methyl/N-ethyl adjacent to an activating group) is 1. The Bertz CT molecular complexity index is 1580. The highest BCUT2D eigenvalue weighted by molar-refractivity contribution is 7.22. The van der Waals surface area contributed by atoms with Crippen molar-refractivity contribution in [1.82, 2.24) is 25.2 Å². The third kappa shape index (κ3) is 3.78. The number of halogens is 3. The summed E-state index contributed by atoms with van der Waals surface area (Å²) >= 11 is 7.74. The van der Waals surface area contributed by atoms with E-state index in [9.17, 15) is 4.39 Å². The number of aromatic nitrogens is 3. The predicted octanol–water partition coefficient (Wildman–Crippen LogP) is 4.44. The number of anilines is 2. The van der Waals surface area contributed by atoms with Crippen LogP contribution in [0.1, 0.15) is 19.3 Å². The fourth-order valence-electron chi connectivity index (χ4n) is 6.01.